The van der Waals surface area contributed by atoms with Gasteiger partial charge in [0, 0.05) is 44.6 Å². The number of benzene rings is 1. The number of nitrogens with zero attached hydrogens (tertiary/aromatic N) is 4. The molecule has 10 nitrogen and oxygen atoms in total. The molecule has 2 atom stereocenters. The van der Waals surface area contributed by atoms with E-state index in [1.54, 1.807) is 37.6 Å². The summed E-state index contributed by atoms with van der Waals surface area (Å²) in [5, 5.41) is 15.3. The number of ether oxygens (including phenoxy) is 1. The smallest absolute Gasteiger partial charge is 0.408 e. The van der Waals surface area contributed by atoms with E-state index in [1.165, 1.54) is 4.57 Å². The molecule has 4 rings (SSSR count). The molecule has 1 saturated heterocycles. The Hall–Kier alpha value is -3.55. The lowest BCUT2D eigenvalue weighted by Gasteiger charge is -2.17. The molecule has 0 saturated carbocycles. The molecule has 1 fully saturated rings. The number of hydrogen-bond donors (Lipinski definition) is 2. The Bertz CT molecular complexity index is 1170. The number of amides is 1. The normalized spacial score (nSPS) is 17.6. The second kappa shape index (κ2) is 9.07. The van der Waals surface area contributed by atoms with Crippen LogP contribution in [0.2, 0.25) is 0 Å². The zero-order valence-corrected chi connectivity index (χ0v) is 17.0. The van der Waals surface area contributed by atoms with E-state index in [2.05, 4.69) is 26.7 Å². The van der Waals surface area contributed by atoms with Crippen LogP contribution < -0.4 is 16.4 Å². The van der Waals surface area contributed by atoms with E-state index in [-0.39, 0.29) is 12.3 Å². The number of carbonyl (C=O) groups excluding carboxylic acids is 1. The topological polar surface area (TPSA) is 135 Å². The van der Waals surface area contributed by atoms with Crippen LogP contribution in [0.15, 0.2) is 39.8 Å². The van der Waals surface area contributed by atoms with Crippen molar-refractivity contribution in [1.82, 2.24) is 25.2 Å². The molecule has 2 aromatic heterocycles. The van der Waals surface area contributed by atoms with Crippen molar-refractivity contribution >= 4 is 17.0 Å². The SMILES string of the molecule is Cn1c(=O)oc2ccc(-c3ncc(C[C@H](C#N)NC(=O)C4CNCCCO4)cn3)cc21. The predicted octanol–water partition coefficient (Wildman–Crippen LogP) is 0.518. The average molecular weight is 422 g/mol. The summed E-state index contributed by atoms with van der Waals surface area (Å²) < 4.78 is 12.1. The van der Waals surface area contributed by atoms with E-state index in [9.17, 15) is 14.9 Å². The van der Waals surface area contributed by atoms with Crippen LogP contribution in [-0.2, 0) is 23.0 Å². The largest absolute Gasteiger partial charge is 0.419 e. The van der Waals surface area contributed by atoms with Gasteiger partial charge < -0.3 is 19.8 Å². The molecular formula is C21H22N6O4. The molecule has 1 amide bonds. The highest BCUT2D eigenvalue weighted by Crippen LogP contribution is 2.21. The van der Waals surface area contributed by atoms with Crippen molar-refractivity contribution in [3.8, 4) is 17.5 Å². The third-order valence-electron chi connectivity index (χ3n) is 5.11. The fourth-order valence-corrected chi connectivity index (χ4v) is 3.39. The maximum Gasteiger partial charge on any atom is 0.419 e. The number of oxazole rings is 1. The first-order valence-corrected chi connectivity index (χ1v) is 9.98. The number of aromatic nitrogens is 3. The van der Waals surface area contributed by atoms with Gasteiger partial charge in [-0.15, -0.1) is 0 Å². The molecular weight excluding hydrogens is 400 g/mol. The third kappa shape index (κ3) is 4.63. The van der Waals surface area contributed by atoms with Gasteiger partial charge in [0.25, 0.3) is 5.91 Å². The van der Waals surface area contributed by atoms with Crippen LogP contribution in [0.4, 0.5) is 0 Å². The first-order valence-electron chi connectivity index (χ1n) is 9.98. The van der Waals surface area contributed by atoms with Crippen LogP contribution in [0, 0.1) is 11.3 Å². The zero-order valence-electron chi connectivity index (χ0n) is 17.0. The Labute approximate surface area is 177 Å². The minimum absolute atomic E-state index is 0.276. The van der Waals surface area contributed by atoms with Gasteiger partial charge in [0.05, 0.1) is 11.6 Å². The van der Waals surface area contributed by atoms with Gasteiger partial charge in [0.15, 0.2) is 11.4 Å². The van der Waals surface area contributed by atoms with Crippen molar-refractivity contribution in [3.05, 3.63) is 46.7 Å². The number of nitrogens with one attached hydrogen (secondary N) is 2. The fourth-order valence-electron chi connectivity index (χ4n) is 3.39. The zero-order chi connectivity index (χ0) is 21.8. The van der Waals surface area contributed by atoms with E-state index in [0.29, 0.717) is 35.6 Å². The standard InChI is InChI=1S/C21H22N6O4/c1-27-16-8-14(3-4-17(16)31-21(27)29)19-24-10-13(11-25-19)7-15(9-22)26-20(28)18-12-23-5-2-6-30-18/h3-4,8,10-11,15,18,23H,2,5-7,12H2,1H3,(H,26,28)/t15-,18?/m1/s1. The molecule has 0 radical (unpaired) electrons. The quantitative estimate of drug-likeness (QED) is 0.607. The van der Waals surface area contributed by atoms with Crippen LogP contribution in [0.1, 0.15) is 12.0 Å². The molecule has 31 heavy (non-hydrogen) atoms. The van der Waals surface area contributed by atoms with Gasteiger partial charge in [-0.2, -0.15) is 5.26 Å². The van der Waals surface area contributed by atoms with E-state index >= 15 is 0 Å². The monoisotopic (exact) mass is 422 g/mol. The molecule has 3 heterocycles. The van der Waals surface area contributed by atoms with E-state index in [4.69, 9.17) is 9.15 Å². The number of aryl methyl sites for hydroxylation is 1. The molecule has 0 bridgehead atoms. The molecule has 0 spiro atoms. The van der Waals surface area contributed by atoms with Gasteiger partial charge in [-0.25, -0.2) is 14.8 Å². The van der Waals surface area contributed by atoms with Crippen molar-refractivity contribution < 1.29 is 13.9 Å². The van der Waals surface area contributed by atoms with Gasteiger partial charge in [-0.05, 0) is 36.7 Å². The average Bonchev–Trinajstić information content (AvgIpc) is 2.96. The van der Waals surface area contributed by atoms with Crippen LogP contribution in [0.25, 0.3) is 22.5 Å². The van der Waals surface area contributed by atoms with E-state index in [0.717, 1.165) is 18.5 Å². The molecule has 10 heteroatoms. The van der Waals surface area contributed by atoms with Crippen molar-refractivity contribution in [2.24, 2.45) is 7.05 Å². The number of nitriles is 1. The summed E-state index contributed by atoms with van der Waals surface area (Å²) in [5.74, 6) is -0.259. The number of rotatable bonds is 5. The molecule has 1 aliphatic heterocycles. The molecule has 160 valence electrons. The van der Waals surface area contributed by atoms with Crippen molar-refractivity contribution in [1.29, 1.82) is 5.26 Å². The maximum absolute atomic E-state index is 12.4. The van der Waals surface area contributed by atoms with E-state index < -0.39 is 17.9 Å². The first kappa shape index (κ1) is 20.7. The van der Waals surface area contributed by atoms with Crippen molar-refractivity contribution in [2.45, 2.75) is 25.0 Å². The first-order chi connectivity index (χ1) is 15.0. The summed E-state index contributed by atoms with van der Waals surface area (Å²) in [6.07, 6.45) is 3.77. The summed E-state index contributed by atoms with van der Waals surface area (Å²) >= 11 is 0. The Morgan fingerprint density at radius 2 is 2.23 bits per heavy atom. The summed E-state index contributed by atoms with van der Waals surface area (Å²) in [6, 6.07) is 6.65. The van der Waals surface area contributed by atoms with Crippen LogP contribution >= 0.6 is 0 Å². The minimum Gasteiger partial charge on any atom is -0.408 e. The second-order valence-electron chi connectivity index (χ2n) is 7.34. The molecule has 0 aliphatic carbocycles. The lowest BCUT2D eigenvalue weighted by molar-refractivity contribution is -0.132. The van der Waals surface area contributed by atoms with Crippen LogP contribution in [0.3, 0.4) is 0 Å². The number of carbonyl (C=O) groups is 1. The van der Waals surface area contributed by atoms with Gasteiger partial charge in [-0.3, -0.25) is 9.36 Å². The molecule has 1 aliphatic rings. The van der Waals surface area contributed by atoms with Gasteiger partial charge in [0.1, 0.15) is 12.1 Å². The fraction of sp³-hybridized carbons (Fsp3) is 0.381. The third-order valence-corrected chi connectivity index (χ3v) is 5.11. The Kier molecular flexibility index (Phi) is 6.06. The summed E-state index contributed by atoms with van der Waals surface area (Å²) in [6.45, 7) is 1.74. The molecule has 2 N–H and O–H groups in total. The maximum atomic E-state index is 12.4. The molecule has 3 aromatic rings. The summed E-state index contributed by atoms with van der Waals surface area (Å²) in [4.78, 5) is 32.8. The molecule has 1 aromatic carbocycles. The number of fused-ring (bicyclic) bond motifs is 1. The van der Waals surface area contributed by atoms with Crippen LogP contribution in [0.5, 0.6) is 0 Å². The van der Waals surface area contributed by atoms with Gasteiger partial charge >= 0.3 is 5.76 Å². The summed E-state index contributed by atoms with van der Waals surface area (Å²) in [5.41, 5.74) is 2.59. The van der Waals surface area contributed by atoms with Gasteiger partial charge in [-0.1, -0.05) is 0 Å². The minimum atomic E-state index is -0.717. The predicted molar refractivity (Wildman–Crippen MR) is 111 cm³/mol. The van der Waals surface area contributed by atoms with Crippen LogP contribution in [-0.4, -0.2) is 52.3 Å². The highest BCUT2D eigenvalue weighted by Gasteiger charge is 2.23. The van der Waals surface area contributed by atoms with Crippen molar-refractivity contribution in [3.63, 3.8) is 0 Å². The van der Waals surface area contributed by atoms with Crippen molar-refractivity contribution in [2.75, 3.05) is 19.7 Å². The van der Waals surface area contributed by atoms with E-state index in [1.807, 2.05) is 0 Å². The Balaban J connectivity index is 1.43. The lowest BCUT2D eigenvalue weighted by Crippen LogP contribution is -2.46. The lowest BCUT2D eigenvalue weighted by atomic mass is 10.1. The second-order valence-corrected chi connectivity index (χ2v) is 7.34. The highest BCUT2D eigenvalue weighted by molar-refractivity contribution is 5.81. The Morgan fingerprint density at radius 3 is 3.00 bits per heavy atom. The highest BCUT2D eigenvalue weighted by atomic mass is 16.5. The summed E-state index contributed by atoms with van der Waals surface area (Å²) in [7, 11) is 1.63. The molecule has 1 unspecified atom stereocenters. The number of hydrogen-bond acceptors (Lipinski definition) is 8. The Morgan fingerprint density at radius 1 is 1.42 bits per heavy atom. The van der Waals surface area contributed by atoms with Gasteiger partial charge in [0.2, 0.25) is 0 Å².